The third-order valence-electron chi connectivity index (χ3n) is 2.10. The molecule has 4 nitrogen and oxygen atoms in total. The number of anilines is 1. The number of hydrogen-bond acceptors (Lipinski definition) is 2. The first-order chi connectivity index (χ1) is 7.54. The van der Waals surface area contributed by atoms with Gasteiger partial charge < -0.3 is 16.4 Å². The average Bonchev–Trinajstić information content (AvgIpc) is 2.20. The number of rotatable bonds is 3. The first-order valence-corrected chi connectivity index (χ1v) is 5.44. The van der Waals surface area contributed by atoms with E-state index in [1.165, 1.54) is 0 Å². The standard InChI is InChI=1S/C11H16ClN3O/c1-7-5-8(2)10(9(12)6-7)15-11(16)14-4-3-13/h5-6H,3-4,13H2,1-2H3,(H2,14,15,16). The molecule has 1 aromatic rings. The molecule has 4 N–H and O–H groups in total. The van der Waals surface area contributed by atoms with E-state index < -0.39 is 0 Å². The van der Waals surface area contributed by atoms with Gasteiger partial charge in [0.15, 0.2) is 0 Å². The van der Waals surface area contributed by atoms with Gasteiger partial charge in [0.25, 0.3) is 0 Å². The Kier molecular flexibility index (Phi) is 4.58. The summed E-state index contributed by atoms with van der Waals surface area (Å²) < 4.78 is 0. The number of nitrogens with two attached hydrogens (primary N) is 1. The molecule has 0 aromatic heterocycles. The van der Waals surface area contributed by atoms with Crippen molar-refractivity contribution in [2.24, 2.45) is 5.73 Å². The van der Waals surface area contributed by atoms with Gasteiger partial charge in [0.1, 0.15) is 0 Å². The van der Waals surface area contributed by atoms with Gasteiger partial charge in [-0.15, -0.1) is 0 Å². The Morgan fingerprint density at radius 2 is 2.12 bits per heavy atom. The lowest BCUT2D eigenvalue weighted by atomic mass is 10.1. The molecule has 0 bridgehead atoms. The minimum Gasteiger partial charge on any atom is -0.337 e. The van der Waals surface area contributed by atoms with Crippen LogP contribution in [0.1, 0.15) is 11.1 Å². The Morgan fingerprint density at radius 3 is 2.69 bits per heavy atom. The quantitative estimate of drug-likeness (QED) is 0.758. The van der Waals surface area contributed by atoms with E-state index in [4.69, 9.17) is 17.3 Å². The lowest BCUT2D eigenvalue weighted by Gasteiger charge is -2.12. The zero-order chi connectivity index (χ0) is 12.1. The minimum atomic E-state index is -0.292. The summed E-state index contributed by atoms with van der Waals surface area (Å²) in [5.74, 6) is 0. The second kappa shape index (κ2) is 5.72. The van der Waals surface area contributed by atoms with Crippen LogP contribution in [0.25, 0.3) is 0 Å². The van der Waals surface area contributed by atoms with Crippen molar-refractivity contribution in [1.82, 2.24) is 5.32 Å². The highest BCUT2D eigenvalue weighted by atomic mass is 35.5. The van der Waals surface area contributed by atoms with Crippen LogP contribution in [0.4, 0.5) is 10.5 Å². The van der Waals surface area contributed by atoms with Crippen molar-refractivity contribution in [3.8, 4) is 0 Å². The second-order valence-corrected chi connectivity index (χ2v) is 4.02. The number of urea groups is 1. The fraction of sp³-hybridized carbons (Fsp3) is 0.364. The first kappa shape index (κ1) is 12.8. The van der Waals surface area contributed by atoms with Gasteiger partial charge >= 0.3 is 6.03 Å². The molecule has 1 aromatic carbocycles. The number of hydrogen-bond donors (Lipinski definition) is 3. The zero-order valence-corrected chi connectivity index (χ0v) is 10.2. The lowest BCUT2D eigenvalue weighted by molar-refractivity contribution is 0.252. The highest BCUT2D eigenvalue weighted by Gasteiger charge is 2.08. The van der Waals surface area contributed by atoms with E-state index in [1.54, 1.807) is 0 Å². The summed E-state index contributed by atoms with van der Waals surface area (Å²) >= 11 is 6.05. The highest BCUT2D eigenvalue weighted by Crippen LogP contribution is 2.27. The van der Waals surface area contributed by atoms with Crippen molar-refractivity contribution >= 4 is 23.3 Å². The van der Waals surface area contributed by atoms with Crippen LogP contribution in [0.5, 0.6) is 0 Å². The van der Waals surface area contributed by atoms with Gasteiger partial charge in [-0.3, -0.25) is 0 Å². The summed E-state index contributed by atoms with van der Waals surface area (Å²) in [5.41, 5.74) is 7.92. The SMILES string of the molecule is Cc1cc(C)c(NC(=O)NCCN)c(Cl)c1. The largest absolute Gasteiger partial charge is 0.337 e. The summed E-state index contributed by atoms with van der Waals surface area (Å²) in [6.45, 7) is 4.71. The van der Waals surface area contributed by atoms with Crippen molar-refractivity contribution in [3.63, 3.8) is 0 Å². The Morgan fingerprint density at radius 1 is 1.44 bits per heavy atom. The molecule has 0 fully saturated rings. The maximum absolute atomic E-state index is 11.4. The maximum atomic E-state index is 11.4. The molecule has 0 unspecified atom stereocenters. The van der Waals surface area contributed by atoms with Gasteiger partial charge in [-0.05, 0) is 31.0 Å². The summed E-state index contributed by atoms with van der Waals surface area (Å²) in [6.07, 6.45) is 0. The van der Waals surface area contributed by atoms with Crippen molar-refractivity contribution in [1.29, 1.82) is 0 Å². The number of aryl methyl sites for hydroxylation is 2. The van der Waals surface area contributed by atoms with E-state index in [1.807, 2.05) is 26.0 Å². The molecule has 0 heterocycles. The number of amides is 2. The van der Waals surface area contributed by atoms with Gasteiger partial charge in [-0.2, -0.15) is 0 Å². The average molecular weight is 242 g/mol. The smallest absolute Gasteiger partial charge is 0.319 e. The molecule has 0 aliphatic rings. The number of halogens is 1. The van der Waals surface area contributed by atoms with Crippen LogP contribution in [0, 0.1) is 13.8 Å². The molecule has 0 saturated heterocycles. The van der Waals surface area contributed by atoms with Crippen LogP contribution in [0.3, 0.4) is 0 Å². The molecule has 0 aliphatic carbocycles. The Balaban J connectivity index is 2.77. The van der Waals surface area contributed by atoms with E-state index in [0.29, 0.717) is 23.8 Å². The molecule has 2 amide bonds. The highest BCUT2D eigenvalue weighted by molar-refractivity contribution is 6.34. The van der Waals surface area contributed by atoms with Crippen molar-refractivity contribution in [2.45, 2.75) is 13.8 Å². The molecular weight excluding hydrogens is 226 g/mol. The predicted molar refractivity (Wildman–Crippen MR) is 67.0 cm³/mol. The molecule has 0 atom stereocenters. The van der Waals surface area contributed by atoms with E-state index in [2.05, 4.69) is 10.6 Å². The topological polar surface area (TPSA) is 67.2 Å². The molecule has 0 radical (unpaired) electrons. The number of carbonyl (C=O) groups excluding carboxylic acids is 1. The fourth-order valence-electron chi connectivity index (χ4n) is 1.42. The zero-order valence-electron chi connectivity index (χ0n) is 9.43. The number of benzene rings is 1. The van der Waals surface area contributed by atoms with Crippen molar-refractivity contribution in [2.75, 3.05) is 18.4 Å². The molecular formula is C11H16ClN3O. The van der Waals surface area contributed by atoms with Gasteiger partial charge in [-0.1, -0.05) is 17.7 Å². The summed E-state index contributed by atoms with van der Waals surface area (Å²) in [4.78, 5) is 11.4. The monoisotopic (exact) mass is 241 g/mol. The molecule has 5 heteroatoms. The normalized spacial score (nSPS) is 10.0. The first-order valence-electron chi connectivity index (χ1n) is 5.06. The fourth-order valence-corrected chi connectivity index (χ4v) is 1.79. The molecule has 16 heavy (non-hydrogen) atoms. The third kappa shape index (κ3) is 3.40. The molecule has 88 valence electrons. The minimum absolute atomic E-state index is 0.292. The van der Waals surface area contributed by atoms with Gasteiger partial charge in [0.05, 0.1) is 10.7 Å². The third-order valence-corrected chi connectivity index (χ3v) is 2.40. The molecule has 0 saturated carbocycles. The predicted octanol–water partition coefficient (Wildman–Crippen LogP) is 2.04. The van der Waals surface area contributed by atoms with E-state index >= 15 is 0 Å². The van der Waals surface area contributed by atoms with Crippen LogP contribution in [0.15, 0.2) is 12.1 Å². The second-order valence-electron chi connectivity index (χ2n) is 3.61. The van der Waals surface area contributed by atoms with Crippen LogP contribution >= 0.6 is 11.6 Å². The van der Waals surface area contributed by atoms with Gasteiger partial charge in [0.2, 0.25) is 0 Å². The van der Waals surface area contributed by atoms with E-state index in [-0.39, 0.29) is 6.03 Å². The molecule has 0 aliphatic heterocycles. The maximum Gasteiger partial charge on any atom is 0.319 e. The van der Waals surface area contributed by atoms with Gasteiger partial charge in [-0.25, -0.2) is 4.79 Å². The van der Waals surface area contributed by atoms with Crippen LogP contribution < -0.4 is 16.4 Å². The number of carbonyl (C=O) groups is 1. The number of nitrogens with one attached hydrogen (secondary N) is 2. The summed E-state index contributed by atoms with van der Waals surface area (Å²) in [7, 11) is 0. The van der Waals surface area contributed by atoms with Crippen molar-refractivity contribution in [3.05, 3.63) is 28.3 Å². The molecule has 0 spiro atoms. The van der Waals surface area contributed by atoms with E-state index in [9.17, 15) is 4.79 Å². The van der Waals surface area contributed by atoms with Crippen LogP contribution in [0.2, 0.25) is 5.02 Å². The Hall–Kier alpha value is -1.26. The van der Waals surface area contributed by atoms with E-state index in [0.717, 1.165) is 11.1 Å². The molecule has 1 rings (SSSR count). The Bertz CT molecular complexity index is 370. The van der Waals surface area contributed by atoms with Crippen molar-refractivity contribution < 1.29 is 4.79 Å². The summed E-state index contributed by atoms with van der Waals surface area (Å²) in [6, 6.07) is 3.48. The van der Waals surface area contributed by atoms with Crippen LogP contribution in [-0.2, 0) is 0 Å². The van der Waals surface area contributed by atoms with Gasteiger partial charge in [0, 0.05) is 13.1 Å². The summed E-state index contributed by atoms with van der Waals surface area (Å²) in [5, 5.41) is 5.86. The van der Waals surface area contributed by atoms with Crippen LogP contribution in [-0.4, -0.2) is 19.1 Å². The lowest BCUT2D eigenvalue weighted by Crippen LogP contribution is -2.33. The Labute approximate surface area is 100 Å².